The van der Waals surface area contributed by atoms with Gasteiger partial charge in [0.2, 0.25) is 0 Å². The second kappa shape index (κ2) is 7.15. The Bertz CT molecular complexity index is 346. The van der Waals surface area contributed by atoms with E-state index in [4.69, 9.17) is 4.74 Å². The first-order valence-electron chi connectivity index (χ1n) is 6.84. The van der Waals surface area contributed by atoms with Crippen molar-refractivity contribution in [3.8, 4) is 5.75 Å². The van der Waals surface area contributed by atoms with E-state index in [0.717, 1.165) is 29.4 Å². The lowest BCUT2D eigenvalue weighted by Gasteiger charge is -2.31. The van der Waals surface area contributed by atoms with E-state index in [1.807, 2.05) is 24.3 Å². The lowest BCUT2D eigenvalue weighted by Crippen LogP contribution is -2.36. The highest BCUT2D eigenvalue weighted by molar-refractivity contribution is 9.10. The molecule has 1 aliphatic carbocycles. The Morgan fingerprint density at radius 2 is 1.83 bits per heavy atom. The monoisotopic (exact) mass is 311 g/mol. The smallest absolute Gasteiger partial charge is 0.119 e. The topological polar surface area (TPSA) is 12.5 Å². The molecule has 0 amide bonds. The predicted molar refractivity (Wildman–Crippen MR) is 79.1 cm³/mol. The zero-order valence-electron chi connectivity index (χ0n) is 11.1. The number of hydrogen-bond acceptors (Lipinski definition) is 2. The van der Waals surface area contributed by atoms with Crippen LogP contribution in [0.4, 0.5) is 0 Å². The first kappa shape index (κ1) is 13.9. The summed E-state index contributed by atoms with van der Waals surface area (Å²) in [6.45, 7) is 1.79. The van der Waals surface area contributed by atoms with Gasteiger partial charge < -0.3 is 9.64 Å². The molecule has 0 saturated heterocycles. The van der Waals surface area contributed by atoms with Gasteiger partial charge in [0.25, 0.3) is 0 Å². The highest BCUT2D eigenvalue weighted by atomic mass is 79.9. The maximum absolute atomic E-state index is 5.76. The van der Waals surface area contributed by atoms with Crippen LogP contribution in [0.15, 0.2) is 28.7 Å². The van der Waals surface area contributed by atoms with Crippen LogP contribution in [-0.4, -0.2) is 31.1 Å². The molecule has 0 spiro atoms. The van der Waals surface area contributed by atoms with Gasteiger partial charge in [0.1, 0.15) is 12.4 Å². The third-order valence-electron chi connectivity index (χ3n) is 3.72. The minimum absolute atomic E-state index is 0.771. The van der Waals surface area contributed by atoms with Crippen molar-refractivity contribution in [3.63, 3.8) is 0 Å². The molecule has 0 radical (unpaired) electrons. The van der Waals surface area contributed by atoms with Crippen LogP contribution >= 0.6 is 15.9 Å². The Morgan fingerprint density at radius 1 is 1.17 bits per heavy atom. The number of benzene rings is 1. The second-order valence-electron chi connectivity index (χ2n) is 5.07. The molecule has 1 saturated carbocycles. The number of halogens is 1. The van der Waals surface area contributed by atoms with E-state index in [9.17, 15) is 0 Å². The Hall–Kier alpha value is -0.540. The summed E-state index contributed by atoms with van der Waals surface area (Å²) in [5.41, 5.74) is 0. The average Bonchev–Trinajstić information content (AvgIpc) is 2.42. The SMILES string of the molecule is CN(CCOc1ccc(Br)cc1)C1CCCCC1. The van der Waals surface area contributed by atoms with Gasteiger partial charge >= 0.3 is 0 Å². The molecule has 0 unspecified atom stereocenters. The maximum atomic E-state index is 5.76. The molecule has 0 N–H and O–H groups in total. The van der Waals surface area contributed by atoms with E-state index < -0.39 is 0 Å². The molecular weight excluding hydrogens is 290 g/mol. The minimum Gasteiger partial charge on any atom is -0.492 e. The minimum atomic E-state index is 0.771. The van der Waals surface area contributed by atoms with Gasteiger partial charge in [0.15, 0.2) is 0 Å². The molecule has 0 atom stereocenters. The fraction of sp³-hybridized carbons (Fsp3) is 0.600. The Morgan fingerprint density at radius 3 is 2.50 bits per heavy atom. The van der Waals surface area contributed by atoms with Crippen molar-refractivity contribution in [2.45, 2.75) is 38.1 Å². The van der Waals surface area contributed by atoms with Crippen LogP contribution in [0.2, 0.25) is 0 Å². The normalized spacial score (nSPS) is 17.1. The van der Waals surface area contributed by atoms with Crippen molar-refractivity contribution in [1.29, 1.82) is 0 Å². The van der Waals surface area contributed by atoms with Crippen molar-refractivity contribution in [1.82, 2.24) is 4.90 Å². The van der Waals surface area contributed by atoms with Crippen molar-refractivity contribution >= 4 is 15.9 Å². The van der Waals surface area contributed by atoms with Crippen molar-refractivity contribution < 1.29 is 4.74 Å². The highest BCUT2D eigenvalue weighted by Gasteiger charge is 2.17. The number of likely N-dealkylation sites (N-methyl/N-ethyl adjacent to an activating group) is 1. The molecule has 3 heteroatoms. The Kier molecular flexibility index (Phi) is 5.51. The van der Waals surface area contributed by atoms with Crippen LogP contribution in [0.5, 0.6) is 5.75 Å². The fourth-order valence-corrected chi connectivity index (χ4v) is 2.81. The number of hydrogen-bond donors (Lipinski definition) is 0. The van der Waals surface area contributed by atoms with Crippen molar-refractivity contribution in [2.75, 3.05) is 20.2 Å². The summed E-state index contributed by atoms with van der Waals surface area (Å²) in [6, 6.07) is 8.81. The van der Waals surface area contributed by atoms with Crippen LogP contribution in [0.3, 0.4) is 0 Å². The molecule has 0 aliphatic heterocycles. The van der Waals surface area contributed by atoms with E-state index in [1.54, 1.807) is 0 Å². The van der Waals surface area contributed by atoms with Crippen LogP contribution in [0, 0.1) is 0 Å². The Labute approximate surface area is 118 Å². The quantitative estimate of drug-likeness (QED) is 0.812. The molecule has 1 aliphatic rings. The van der Waals surface area contributed by atoms with E-state index in [0.29, 0.717) is 0 Å². The first-order chi connectivity index (χ1) is 8.75. The highest BCUT2D eigenvalue weighted by Crippen LogP contribution is 2.21. The summed E-state index contributed by atoms with van der Waals surface area (Å²) in [4.78, 5) is 2.46. The predicted octanol–water partition coefficient (Wildman–Crippen LogP) is 4.09. The lowest BCUT2D eigenvalue weighted by atomic mass is 9.94. The number of rotatable bonds is 5. The maximum Gasteiger partial charge on any atom is 0.119 e. The zero-order chi connectivity index (χ0) is 12.8. The van der Waals surface area contributed by atoms with Crippen LogP contribution in [0.25, 0.3) is 0 Å². The molecule has 18 heavy (non-hydrogen) atoms. The molecule has 2 nitrogen and oxygen atoms in total. The third kappa shape index (κ3) is 4.29. The van der Waals surface area contributed by atoms with Gasteiger partial charge in [-0.05, 0) is 44.2 Å². The lowest BCUT2D eigenvalue weighted by molar-refractivity contribution is 0.160. The van der Waals surface area contributed by atoms with Crippen molar-refractivity contribution in [3.05, 3.63) is 28.7 Å². The fourth-order valence-electron chi connectivity index (χ4n) is 2.54. The summed E-state index contributed by atoms with van der Waals surface area (Å²) < 4.78 is 6.85. The molecule has 100 valence electrons. The Balaban J connectivity index is 1.69. The number of nitrogens with zero attached hydrogens (tertiary/aromatic N) is 1. The van der Waals surface area contributed by atoms with Gasteiger partial charge in [-0.1, -0.05) is 35.2 Å². The van der Waals surface area contributed by atoms with Crippen LogP contribution in [0.1, 0.15) is 32.1 Å². The average molecular weight is 312 g/mol. The molecule has 1 aromatic carbocycles. The first-order valence-corrected chi connectivity index (χ1v) is 7.63. The van der Waals surface area contributed by atoms with E-state index in [2.05, 4.69) is 27.9 Å². The second-order valence-corrected chi connectivity index (χ2v) is 5.99. The third-order valence-corrected chi connectivity index (χ3v) is 4.25. The molecular formula is C15H22BrNO. The van der Waals surface area contributed by atoms with Crippen LogP contribution < -0.4 is 4.74 Å². The van der Waals surface area contributed by atoms with Gasteiger partial charge in [-0.25, -0.2) is 0 Å². The molecule has 1 aromatic rings. The molecule has 1 fully saturated rings. The summed E-state index contributed by atoms with van der Waals surface area (Å²) in [6.07, 6.45) is 6.91. The van der Waals surface area contributed by atoms with Gasteiger partial charge in [-0.3, -0.25) is 0 Å². The molecule has 0 bridgehead atoms. The summed E-state index contributed by atoms with van der Waals surface area (Å²) in [7, 11) is 2.22. The van der Waals surface area contributed by atoms with E-state index >= 15 is 0 Å². The van der Waals surface area contributed by atoms with Gasteiger partial charge in [0.05, 0.1) is 0 Å². The van der Waals surface area contributed by atoms with Gasteiger partial charge in [-0.15, -0.1) is 0 Å². The molecule has 2 rings (SSSR count). The summed E-state index contributed by atoms with van der Waals surface area (Å²) in [5.74, 6) is 0.954. The summed E-state index contributed by atoms with van der Waals surface area (Å²) >= 11 is 3.43. The molecule has 0 aromatic heterocycles. The van der Waals surface area contributed by atoms with Gasteiger partial charge in [0, 0.05) is 17.1 Å². The number of ether oxygens (including phenoxy) is 1. The standard InChI is InChI=1S/C15H22BrNO/c1-17(14-5-3-2-4-6-14)11-12-18-15-9-7-13(16)8-10-15/h7-10,14H,2-6,11-12H2,1H3. The molecule has 0 heterocycles. The van der Waals surface area contributed by atoms with Gasteiger partial charge in [-0.2, -0.15) is 0 Å². The zero-order valence-corrected chi connectivity index (χ0v) is 12.7. The largest absolute Gasteiger partial charge is 0.492 e. The summed E-state index contributed by atoms with van der Waals surface area (Å²) in [5, 5.41) is 0. The van der Waals surface area contributed by atoms with Crippen LogP contribution in [-0.2, 0) is 0 Å². The van der Waals surface area contributed by atoms with E-state index in [1.165, 1.54) is 32.1 Å². The van der Waals surface area contributed by atoms with E-state index in [-0.39, 0.29) is 0 Å². The van der Waals surface area contributed by atoms with Crippen molar-refractivity contribution in [2.24, 2.45) is 0 Å².